The van der Waals surface area contributed by atoms with Crippen LogP contribution >= 0.6 is 0 Å². The first kappa shape index (κ1) is 15.3. The summed E-state index contributed by atoms with van der Waals surface area (Å²) in [5, 5.41) is 2.71. The Kier molecular flexibility index (Phi) is 5.14. The topological polar surface area (TPSA) is 49.4 Å². The second-order valence-electron chi connectivity index (χ2n) is 5.65. The number of benzene rings is 1. The molecule has 0 saturated heterocycles. The van der Waals surface area contributed by atoms with Crippen LogP contribution < -0.4 is 5.32 Å². The minimum absolute atomic E-state index is 0.0350. The number of hydrogen-bond acceptors (Lipinski definition) is 2. The standard InChI is InChI=1S/C17H22N2O2/c1-13(20)18-16-9-6-14(7-10-16)8-11-17(21)19(2)12-15-4-3-5-15/h6-11,15H,3-5,12H2,1-2H3,(H,18,20)/b11-8+. The maximum atomic E-state index is 12.0. The number of likely N-dealkylation sites (N-methyl/N-ethyl adjacent to an activating group) is 1. The predicted molar refractivity (Wildman–Crippen MR) is 84.8 cm³/mol. The molecule has 0 heterocycles. The highest BCUT2D eigenvalue weighted by atomic mass is 16.2. The van der Waals surface area contributed by atoms with Gasteiger partial charge in [0, 0.05) is 32.3 Å². The van der Waals surface area contributed by atoms with E-state index in [-0.39, 0.29) is 11.8 Å². The molecule has 1 saturated carbocycles. The Labute approximate surface area is 125 Å². The van der Waals surface area contributed by atoms with Crippen LogP contribution in [-0.2, 0) is 9.59 Å². The third-order valence-corrected chi connectivity index (χ3v) is 3.78. The highest BCUT2D eigenvalue weighted by Crippen LogP contribution is 2.26. The van der Waals surface area contributed by atoms with Gasteiger partial charge in [-0.3, -0.25) is 9.59 Å². The zero-order chi connectivity index (χ0) is 15.2. The Morgan fingerprint density at radius 3 is 2.48 bits per heavy atom. The van der Waals surface area contributed by atoms with Crippen molar-refractivity contribution in [3.8, 4) is 0 Å². The van der Waals surface area contributed by atoms with E-state index >= 15 is 0 Å². The normalized spacial score (nSPS) is 14.8. The average Bonchev–Trinajstić information content (AvgIpc) is 2.41. The third kappa shape index (κ3) is 4.74. The summed E-state index contributed by atoms with van der Waals surface area (Å²) in [6.07, 6.45) is 7.18. The van der Waals surface area contributed by atoms with Crippen molar-refractivity contribution in [2.45, 2.75) is 26.2 Å². The van der Waals surface area contributed by atoms with Gasteiger partial charge in [-0.2, -0.15) is 0 Å². The van der Waals surface area contributed by atoms with E-state index in [1.165, 1.54) is 26.2 Å². The van der Waals surface area contributed by atoms with E-state index < -0.39 is 0 Å². The summed E-state index contributed by atoms with van der Waals surface area (Å²) in [6, 6.07) is 7.40. The summed E-state index contributed by atoms with van der Waals surface area (Å²) in [5.74, 6) is 0.628. The molecule has 112 valence electrons. The van der Waals surface area contributed by atoms with Gasteiger partial charge in [-0.05, 0) is 42.5 Å². The highest BCUT2D eigenvalue weighted by Gasteiger charge is 2.20. The molecule has 1 aliphatic rings. The molecule has 1 aliphatic carbocycles. The van der Waals surface area contributed by atoms with Crippen molar-refractivity contribution in [3.63, 3.8) is 0 Å². The summed E-state index contributed by atoms with van der Waals surface area (Å²) < 4.78 is 0. The predicted octanol–water partition coefficient (Wildman–Crippen LogP) is 2.92. The Morgan fingerprint density at radius 1 is 1.29 bits per heavy atom. The van der Waals surface area contributed by atoms with Gasteiger partial charge in [0.25, 0.3) is 0 Å². The van der Waals surface area contributed by atoms with Gasteiger partial charge in [-0.15, -0.1) is 0 Å². The lowest BCUT2D eigenvalue weighted by Gasteiger charge is -2.29. The van der Waals surface area contributed by atoms with Crippen molar-refractivity contribution >= 4 is 23.6 Å². The number of carbonyl (C=O) groups is 2. The third-order valence-electron chi connectivity index (χ3n) is 3.78. The lowest BCUT2D eigenvalue weighted by Crippen LogP contribution is -2.33. The Morgan fingerprint density at radius 2 is 1.95 bits per heavy atom. The fraction of sp³-hybridized carbons (Fsp3) is 0.412. The summed E-state index contributed by atoms with van der Waals surface area (Å²) in [4.78, 5) is 24.7. The fourth-order valence-corrected chi connectivity index (χ4v) is 2.33. The van der Waals surface area contributed by atoms with Crippen molar-refractivity contribution in [3.05, 3.63) is 35.9 Å². The fourth-order valence-electron chi connectivity index (χ4n) is 2.33. The largest absolute Gasteiger partial charge is 0.342 e. The van der Waals surface area contributed by atoms with Crippen molar-refractivity contribution in [1.29, 1.82) is 0 Å². The number of anilines is 1. The van der Waals surface area contributed by atoms with Crippen LogP contribution in [0.1, 0.15) is 31.7 Å². The molecule has 0 unspecified atom stereocenters. The Bertz CT molecular complexity index is 530. The number of amides is 2. The molecule has 1 aromatic carbocycles. The first-order chi connectivity index (χ1) is 10.0. The van der Waals surface area contributed by atoms with Crippen molar-refractivity contribution < 1.29 is 9.59 Å². The summed E-state index contributed by atoms with van der Waals surface area (Å²) in [5.41, 5.74) is 1.70. The van der Waals surface area contributed by atoms with Gasteiger partial charge in [-0.25, -0.2) is 0 Å². The van der Waals surface area contributed by atoms with Gasteiger partial charge in [0.05, 0.1) is 0 Å². The molecule has 2 rings (SSSR count). The van der Waals surface area contributed by atoms with E-state index in [1.54, 1.807) is 17.1 Å². The van der Waals surface area contributed by atoms with Crippen LogP contribution in [0.25, 0.3) is 6.08 Å². The first-order valence-corrected chi connectivity index (χ1v) is 7.35. The molecule has 2 amide bonds. The van der Waals surface area contributed by atoms with Gasteiger partial charge in [-0.1, -0.05) is 18.6 Å². The quantitative estimate of drug-likeness (QED) is 0.846. The number of carbonyl (C=O) groups excluding carboxylic acids is 2. The first-order valence-electron chi connectivity index (χ1n) is 7.35. The minimum atomic E-state index is -0.0916. The van der Waals surface area contributed by atoms with Gasteiger partial charge in [0.2, 0.25) is 11.8 Å². The van der Waals surface area contributed by atoms with Crippen molar-refractivity contribution in [2.24, 2.45) is 5.92 Å². The van der Waals surface area contributed by atoms with Crippen molar-refractivity contribution in [1.82, 2.24) is 4.90 Å². The van der Waals surface area contributed by atoms with E-state index in [9.17, 15) is 9.59 Å². The Balaban J connectivity index is 1.87. The average molecular weight is 286 g/mol. The molecule has 0 atom stereocenters. The van der Waals surface area contributed by atoms with E-state index in [2.05, 4.69) is 5.32 Å². The molecule has 4 nitrogen and oxygen atoms in total. The molecule has 0 aromatic heterocycles. The molecule has 1 N–H and O–H groups in total. The Hall–Kier alpha value is -2.10. The van der Waals surface area contributed by atoms with Crippen LogP contribution in [0.4, 0.5) is 5.69 Å². The molecule has 21 heavy (non-hydrogen) atoms. The molecule has 1 aromatic rings. The maximum absolute atomic E-state index is 12.0. The van der Waals surface area contributed by atoms with Crippen LogP contribution in [0.5, 0.6) is 0 Å². The zero-order valence-corrected chi connectivity index (χ0v) is 12.6. The summed E-state index contributed by atoms with van der Waals surface area (Å²) in [7, 11) is 1.85. The molecule has 0 spiro atoms. The molecule has 1 fully saturated rings. The molecule has 0 bridgehead atoms. The molecule has 4 heteroatoms. The molecule has 0 radical (unpaired) electrons. The summed E-state index contributed by atoms with van der Waals surface area (Å²) in [6.45, 7) is 2.33. The van der Waals surface area contributed by atoms with Crippen LogP contribution in [0, 0.1) is 5.92 Å². The van der Waals surface area contributed by atoms with E-state index in [0.29, 0.717) is 5.92 Å². The van der Waals surface area contributed by atoms with Crippen molar-refractivity contribution in [2.75, 3.05) is 18.9 Å². The SMILES string of the molecule is CC(=O)Nc1ccc(/C=C/C(=O)N(C)CC2CCC2)cc1. The van der Waals surface area contributed by atoms with Crippen LogP contribution in [0.2, 0.25) is 0 Å². The second kappa shape index (κ2) is 7.07. The zero-order valence-electron chi connectivity index (χ0n) is 12.6. The lowest BCUT2D eigenvalue weighted by atomic mass is 9.85. The molecular formula is C17H22N2O2. The van der Waals surface area contributed by atoms with Gasteiger partial charge in [0.15, 0.2) is 0 Å². The highest BCUT2D eigenvalue weighted by molar-refractivity contribution is 5.92. The van der Waals surface area contributed by atoms with E-state index in [4.69, 9.17) is 0 Å². The summed E-state index contributed by atoms with van der Waals surface area (Å²) >= 11 is 0. The van der Waals surface area contributed by atoms with E-state index in [0.717, 1.165) is 17.8 Å². The monoisotopic (exact) mass is 286 g/mol. The van der Waals surface area contributed by atoms with Crippen LogP contribution in [-0.4, -0.2) is 30.3 Å². The molecular weight excluding hydrogens is 264 g/mol. The van der Waals surface area contributed by atoms with Gasteiger partial charge in [0.1, 0.15) is 0 Å². The van der Waals surface area contributed by atoms with Gasteiger partial charge < -0.3 is 10.2 Å². The number of nitrogens with zero attached hydrogens (tertiary/aromatic N) is 1. The smallest absolute Gasteiger partial charge is 0.246 e. The van der Waals surface area contributed by atoms with E-state index in [1.807, 2.05) is 31.3 Å². The number of nitrogens with one attached hydrogen (secondary N) is 1. The lowest BCUT2D eigenvalue weighted by molar-refractivity contribution is -0.125. The number of rotatable bonds is 5. The number of hydrogen-bond donors (Lipinski definition) is 1. The van der Waals surface area contributed by atoms with Crippen LogP contribution in [0.3, 0.4) is 0 Å². The second-order valence-corrected chi connectivity index (χ2v) is 5.65. The van der Waals surface area contributed by atoms with Gasteiger partial charge >= 0.3 is 0 Å². The molecule has 0 aliphatic heterocycles. The minimum Gasteiger partial charge on any atom is -0.342 e. The van der Waals surface area contributed by atoms with Crippen LogP contribution in [0.15, 0.2) is 30.3 Å². The maximum Gasteiger partial charge on any atom is 0.246 e.